The molecule has 3 nitrogen and oxygen atoms in total. The number of nitrogens with one attached hydrogen (secondary N) is 2. The normalized spacial score (nSPS) is 15.1. The summed E-state index contributed by atoms with van der Waals surface area (Å²) in [4.78, 5) is 11.7. The van der Waals surface area contributed by atoms with Gasteiger partial charge in [-0.3, -0.25) is 0 Å². The molecule has 3 heteroatoms. The van der Waals surface area contributed by atoms with Crippen LogP contribution < -0.4 is 10.6 Å². The Balaban J connectivity index is 0.000000861. The highest BCUT2D eigenvalue weighted by molar-refractivity contribution is 5.89. The summed E-state index contributed by atoms with van der Waals surface area (Å²) in [6, 6.07) is 8.12. The Morgan fingerprint density at radius 3 is 2.21 bits per heavy atom. The molecule has 1 aromatic carbocycles. The van der Waals surface area contributed by atoms with Crippen molar-refractivity contribution >= 4 is 11.7 Å². The van der Waals surface area contributed by atoms with Crippen molar-refractivity contribution in [3.8, 4) is 0 Å². The Kier molecular flexibility index (Phi) is 7.01. The maximum absolute atomic E-state index is 11.7. The quantitative estimate of drug-likeness (QED) is 0.811. The van der Waals surface area contributed by atoms with Crippen molar-refractivity contribution in [1.82, 2.24) is 5.32 Å². The van der Waals surface area contributed by atoms with E-state index in [1.165, 1.54) is 24.8 Å². The predicted molar refractivity (Wildman–Crippen MR) is 81.6 cm³/mol. The van der Waals surface area contributed by atoms with Gasteiger partial charge in [-0.25, -0.2) is 4.79 Å². The van der Waals surface area contributed by atoms with Crippen molar-refractivity contribution < 1.29 is 4.79 Å². The first kappa shape index (κ1) is 15.5. The minimum Gasteiger partial charge on any atom is -0.335 e. The molecule has 0 aliphatic heterocycles. The van der Waals surface area contributed by atoms with Gasteiger partial charge in [0, 0.05) is 11.7 Å². The Morgan fingerprint density at radius 1 is 1.05 bits per heavy atom. The van der Waals surface area contributed by atoms with Gasteiger partial charge in [0.25, 0.3) is 0 Å². The smallest absolute Gasteiger partial charge is 0.319 e. The topological polar surface area (TPSA) is 41.1 Å². The van der Waals surface area contributed by atoms with Crippen LogP contribution in [-0.2, 0) is 0 Å². The van der Waals surface area contributed by atoms with E-state index in [9.17, 15) is 4.79 Å². The third kappa shape index (κ3) is 5.77. The van der Waals surface area contributed by atoms with Gasteiger partial charge in [-0.15, -0.1) is 0 Å². The van der Waals surface area contributed by atoms with Crippen molar-refractivity contribution in [2.24, 2.45) is 0 Å². The second kappa shape index (κ2) is 8.57. The van der Waals surface area contributed by atoms with Crippen LogP contribution in [0.5, 0.6) is 0 Å². The summed E-state index contributed by atoms with van der Waals surface area (Å²) in [7, 11) is 0. The fourth-order valence-corrected chi connectivity index (χ4v) is 2.24. The number of benzene rings is 1. The minimum atomic E-state index is -0.0826. The third-order valence-corrected chi connectivity index (χ3v) is 3.25. The highest BCUT2D eigenvalue weighted by atomic mass is 16.2. The lowest BCUT2D eigenvalue weighted by Gasteiger charge is -2.22. The van der Waals surface area contributed by atoms with Crippen LogP contribution in [0, 0.1) is 6.92 Å². The molecule has 0 heterocycles. The summed E-state index contributed by atoms with van der Waals surface area (Å²) in [5.74, 6) is 0. The zero-order chi connectivity index (χ0) is 14.1. The Labute approximate surface area is 116 Å². The summed E-state index contributed by atoms with van der Waals surface area (Å²) < 4.78 is 0. The average molecular weight is 262 g/mol. The number of amides is 2. The van der Waals surface area contributed by atoms with Gasteiger partial charge in [-0.05, 0) is 31.9 Å². The number of carbonyl (C=O) groups excluding carboxylic acids is 1. The van der Waals surface area contributed by atoms with Crippen molar-refractivity contribution in [1.29, 1.82) is 0 Å². The second-order valence-corrected chi connectivity index (χ2v) is 4.80. The van der Waals surface area contributed by atoms with Gasteiger partial charge in [0.05, 0.1) is 0 Å². The van der Waals surface area contributed by atoms with Crippen LogP contribution in [0.15, 0.2) is 24.3 Å². The molecule has 0 aromatic heterocycles. The lowest BCUT2D eigenvalue weighted by molar-refractivity contribution is 0.244. The summed E-state index contributed by atoms with van der Waals surface area (Å²) >= 11 is 0. The minimum absolute atomic E-state index is 0.0826. The molecule has 2 rings (SSSR count). The van der Waals surface area contributed by atoms with E-state index in [4.69, 9.17) is 0 Å². The molecule has 0 radical (unpaired) electrons. The molecule has 2 N–H and O–H groups in total. The monoisotopic (exact) mass is 262 g/mol. The number of urea groups is 1. The second-order valence-electron chi connectivity index (χ2n) is 4.80. The summed E-state index contributed by atoms with van der Waals surface area (Å²) in [5.41, 5.74) is 2.05. The van der Waals surface area contributed by atoms with Crippen molar-refractivity contribution in [3.63, 3.8) is 0 Å². The van der Waals surface area contributed by atoms with Crippen LogP contribution in [0.25, 0.3) is 0 Å². The first-order valence-electron chi connectivity index (χ1n) is 7.38. The molecule has 1 aromatic rings. The van der Waals surface area contributed by atoms with Crippen LogP contribution in [0.4, 0.5) is 10.5 Å². The van der Waals surface area contributed by atoms with Gasteiger partial charge >= 0.3 is 6.03 Å². The van der Waals surface area contributed by atoms with Crippen LogP contribution in [-0.4, -0.2) is 12.1 Å². The van der Waals surface area contributed by atoms with E-state index in [-0.39, 0.29) is 6.03 Å². The molecule has 1 fully saturated rings. The predicted octanol–water partition coefficient (Wildman–Crippen LogP) is 4.48. The maximum Gasteiger partial charge on any atom is 0.319 e. The summed E-state index contributed by atoms with van der Waals surface area (Å²) in [5, 5.41) is 5.90. The molecule has 106 valence electrons. The van der Waals surface area contributed by atoms with Gasteiger partial charge < -0.3 is 10.6 Å². The number of carbonyl (C=O) groups is 1. The first-order chi connectivity index (χ1) is 9.24. The zero-order valence-electron chi connectivity index (χ0n) is 12.3. The zero-order valence-corrected chi connectivity index (χ0v) is 12.3. The van der Waals surface area contributed by atoms with E-state index in [2.05, 4.69) is 10.6 Å². The van der Waals surface area contributed by atoms with Gasteiger partial charge in [0.1, 0.15) is 0 Å². The molecule has 1 aliphatic carbocycles. The molecule has 0 atom stereocenters. The summed E-state index contributed by atoms with van der Waals surface area (Å²) in [6.45, 7) is 6.03. The number of hydrogen-bond donors (Lipinski definition) is 2. The Morgan fingerprint density at radius 2 is 1.63 bits per heavy atom. The van der Waals surface area contributed by atoms with E-state index in [0.717, 1.165) is 18.5 Å². The highest BCUT2D eigenvalue weighted by Gasteiger charge is 2.15. The van der Waals surface area contributed by atoms with Gasteiger partial charge in [0.2, 0.25) is 0 Å². The number of anilines is 1. The fraction of sp³-hybridized carbons (Fsp3) is 0.562. The largest absolute Gasteiger partial charge is 0.335 e. The molecule has 0 saturated heterocycles. The average Bonchev–Trinajstić information content (AvgIpc) is 2.45. The standard InChI is InChI=1S/C14H20N2O.C2H6/c1-11-7-9-13(10-8-11)16-14(17)15-12-5-3-2-4-6-12;1-2/h7-10,12H,2-6H2,1H3,(H2,15,16,17);1-2H3. The molecule has 0 spiro atoms. The van der Waals surface area contributed by atoms with Crippen molar-refractivity contribution in [3.05, 3.63) is 29.8 Å². The van der Waals surface area contributed by atoms with Crippen LogP contribution >= 0.6 is 0 Å². The van der Waals surface area contributed by atoms with Crippen molar-refractivity contribution in [2.75, 3.05) is 5.32 Å². The summed E-state index contributed by atoms with van der Waals surface area (Å²) in [6.07, 6.45) is 5.99. The number of hydrogen-bond acceptors (Lipinski definition) is 1. The SMILES string of the molecule is CC.Cc1ccc(NC(=O)NC2CCCCC2)cc1. The van der Waals surface area contributed by atoms with Gasteiger partial charge in [-0.2, -0.15) is 0 Å². The van der Waals surface area contributed by atoms with E-state index in [0.29, 0.717) is 6.04 Å². The molecular formula is C16H26N2O. The Bertz CT molecular complexity index is 367. The van der Waals surface area contributed by atoms with E-state index < -0.39 is 0 Å². The van der Waals surface area contributed by atoms with Crippen LogP contribution in [0.3, 0.4) is 0 Å². The molecule has 0 unspecified atom stereocenters. The molecule has 2 amide bonds. The number of rotatable bonds is 2. The lowest BCUT2D eigenvalue weighted by Crippen LogP contribution is -2.38. The molecule has 1 aliphatic rings. The molecule has 19 heavy (non-hydrogen) atoms. The van der Waals surface area contributed by atoms with Crippen molar-refractivity contribution in [2.45, 2.75) is 58.9 Å². The maximum atomic E-state index is 11.7. The van der Waals surface area contributed by atoms with E-state index in [1.54, 1.807) is 0 Å². The molecule has 1 saturated carbocycles. The number of aryl methyl sites for hydroxylation is 1. The van der Waals surface area contributed by atoms with E-state index >= 15 is 0 Å². The first-order valence-corrected chi connectivity index (χ1v) is 7.38. The van der Waals surface area contributed by atoms with Crippen LogP contribution in [0.2, 0.25) is 0 Å². The molecular weight excluding hydrogens is 236 g/mol. The third-order valence-electron chi connectivity index (χ3n) is 3.25. The highest BCUT2D eigenvalue weighted by Crippen LogP contribution is 2.17. The lowest BCUT2D eigenvalue weighted by atomic mass is 9.96. The van der Waals surface area contributed by atoms with E-state index in [1.807, 2.05) is 45.0 Å². The van der Waals surface area contributed by atoms with Gasteiger partial charge in [0.15, 0.2) is 0 Å². The molecule has 0 bridgehead atoms. The van der Waals surface area contributed by atoms with Crippen LogP contribution in [0.1, 0.15) is 51.5 Å². The van der Waals surface area contributed by atoms with Gasteiger partial charge in [-0.1, -0.05) is 50.8 Å². The fourth-order valence-electron chi connectivity index (χ4n) is 2.24. The Hall–Kier alpha value is -1.51.